The van der Waals surface area contributed by atoms with Crippen molar-refractivity contribution in [3.8, 4) is 39.0 Å². The molecule has 3 N–H and O–H groups in total. The molecular formula is C25H16O6S5. The fourth-order valence-corrected chi connectivity index (χ4v) is 9.10. The first kappa shape index (κ1) is 24.6. The van der Waals surface area contributed by atoms with E-state index in [0.29, 0.717) is 5.56 Å². The van der Waals surface area contributed by atoms with Crippen LogP contribution in [0.2, 0.25) is 0 Å². The highest BCUT2D eigenvalue weighted by atomic mass is 32.1. The minimum atomic E-state index is -0.994. The standard InChI is InChI=1S/C25H16O6S5/c26-21(27)10-12-8-19(14-2-1-7-32-14)35-23(12)16-4-5-17(34-16)24-13(11-22(28)29)9-20(36-24)15-3-6-18(33-15)25(30)31/h1-9H,10-11H2,(H,26,27)(H,28,29)(H,30,31). The van der Waals surface area contributed by atoms with E-state index in [0.717, 1.165) is 55.9 Å². The number of aromatic carboxylic acids is 1. The Hall–Kier alpha value is -3.09. The van der Waals surface area contributed by atoms with Crippen LogP contribution in [0, 0.1) is 0 Å². The zero-order chi connectivity index (χ0) is 25.4. The van der Waals surface area contributed by atoms with Crippen LogP contribution in [0.15, 0.2) is 53.9 Å². The summed E-state index contributed by atoms with van der Waals surface area (Å²) in [7, 11) is 0. The van der Waals surface area contributed by atoms with E-state index < -0.39 is 17.9 Å². The molecule has 0 spiro atoms. The van der Waals surface area contributed by atoms with E-state index in [9.17, 15) is 29.7 Å². The topological polar surface area (TPSA) is 112 Å². The number of rotatable bonds is 9. The Kier molecular flexibility index (Phi) is 6.91. The Balaban J connectivity index is 1.55. The molecule has 6 nitrogen and oxygen atoms in total. The summed E-state index contributed by atoms with van der Waals surface area (Å²) in [4.78, 5) is 41.8. The number of thiophene rings is 5. The van der Waals surface area contributed by atoms with E-state index in [1.54, 1.807) is 34.8 Å². The van der Waals surface area contributed by atoms with Gasteiger partial charge in [-0.25, -0.2) is 4.79 Å². The Morgan fingerprint density at radius 1 is 0.611 bits per heavy atom. The minimum Gasteiger partial charge on any atom is -0.481 e. The average molecular weight is 573 g/mol. The highest BCUT2D eigenvalue weighted by Gasteiger charge is 2.21. The second kappa shape index (κ2) is 10.1. The van der Waals surface area contributed by atoms with Crippen molar-refractivity contribution in [1.82, 2.24) is 0 Å². The number of hydrogen-bond acceptors (Lipinski definition) is 8. The normalized spacial score (nSPS) is 11.1. The van der Waals surface area contributed by atoms with Crippen molar-refractivity contribution in [2.75, 3.05) is 0 Å². The van der Waals surface area contributed by atoms with Crippen LogP contribution in [0.25, 0.3) is 39.0 Å². The Morgan fingerprint density at radius 2 is 1.17 bits per heavy atom. The lowest BCUT2D eigenvalue weighted by Crippen LogP contribution is -1.99. The molecule has 5 heterocycles. The molecule has 36 heavy (non-hydrogen) atoms. The summed E-state index contributed by atoms with van der Waals surface area (Å²) >= 11 is 7.25. The molecule has 182 valence electrons. The summed E-state index contributed by atoms with van der Waals surface area (Å²) in [5.41, 5.74) is 1.42. The zero-order valence-corrected chi connectivity index (χ0v) is 22.3. The smallest absolute Gasteiger partial charge is 0.345 e. The predicted octanol–water partition coefficient (Wildman–Crippen LogP) is 7.61. The van der Waals surface area contributed by atoms with Gasteiger partial charge in [0.25, 0.3) is 0 Å². The summed E-state index contributed by atoms with van der Waals surface area (Å²) in [6, 6.07) is 14.9. The second-order valence-corrected chi connectivity index (χ2v) is 12.9. The van der Waals surface area contributed by atoms with Crippen molar-refractivity contribution in [2.45, 2.75) is 12.8 Å². The molecule has 0 aromatic carbocycles. The van der Waals surface area contributed by atoms with Crippen LogP contribution in [-0.2, 0) is 22.4 Å². The average Bonchev–Trinajstić information content (AvgIpc) is 3.62. The minimum absolute atomic E-state index is 0.0812. The molecule has 0 bridgehead atoms. The van der Waals surface area contributed by atoms with Gasteiger partial charge in [0.2, 0.25) is 0 Å². The molecule has 0 aliphatic heterocycles. The van der Waals surface area contributed by atoms with Gasteiger partial charge in [0.05, 0.1) is 12.8 Å². The van der Waals surface area contributed by atoms with Gasteiger partial charge in [-0.05, 0) is 59.0 Å². The van der Waals surface area contributed by atoms with Crippen molar-refractivity contribution in [2.24, 2.45) is 0 Å². The van der Waals surface area contributed by atoms with E-state index >= 15 is 0 Å². The van der Waals surface area contributed by atoms with Gasteiger partial charge >= 0.3 is 17.9 Å². The SMILES string of the molecule is O=C(O)Cc1cc(-c2cccs2)sc1-c1ccc(-c2sc(-c3ccc(C(=O)O)s3)cc2CC(=O)O)s1. The summed E-state index contributed by atoms with van der Waals surface area (Å²) in [6.45, 7) is 0. The lowest BCUT2D eigenvalue weighted by Gasteiger charge is -1.99. The maximum absolute atomic E-state index is 11.6. The van der Waals surface area contributed by atoms with E-state index in [1.807, 2.05) is 41.8 Å². The third kappa shape index (κ3) is 5.06. The van der Waals surface area contributed by atoms with Gasteiger partial charge in [0, 0.05) is 39.0 Å². The molecule has 0 aliphatic carbocycles. The fraction of sp³-hybridized carbons (Fsp3) is 0.0800. The first-order chi connectivity index (χ1) is 17.3. The van der Waals surface area contributed by atoms with Crippen LogP contribution in [0.3, 0.4) is 0 Å². The van der Waals surface area contributed by atoms with Crippen LogP contribution in [0.4, 0.5) is 0 Å². The second-order valence-electron chi connectivity index (χ2n) is 7.68. The molecule has 0 aliphatic rings. The van der Waals surface area contributed by atoms with Gasteiger partial charge in [0.1, 0.15) is 4.88 Å². The number of carbonyl (C=O) groups is 3. The van der Waals surface area contributed by atoms with Gasteiger partial charge in [-0.1, -0.05) is 6.07 Å². The molecule has 11 heteroatoms. The molecule has 5 rings (SSSR count). The summed E-state index contributed by atoms with van der Waals surface area (Å²) in [5.74, 6) is -2.84. The largest absolute Gasteiger partial charge is 0.481 e. The first-order valence-corrected chi connectivity index (χ1v) is 14.6. The molecular weight excluding hydrogens is 557 g/mol. The van der Waals surface area contributed by atoms with Crippen LogP contribution >= 0.6 is 56.7 Å². The van der Waals surface area contributed by atoms with Crippen LogP contribution in [0.1, 0.15) is 20.8 Å². The molecule has 5 aromatic rings. The number of carboxylic acids is 3. The molecule has 0 fully saturated rings. The molecule has 0 amide bonds. The lowest BCUT2D eigenvalue weighted by atomic mass is 10.1. The van der Waals surface area contributed by atoms with Gasteiger partial charge in [-0.3, -0.25) is 9.59 Å². The van der Waals surface area contributed by atoms with Crippen molar-refractivity contribution < 1.29 is 29.7 Å². The van der Waals surface area contributed by atoms with Crippen molar-refractivity contribution in [1.29, 1.82) is 0 Å². The third-order valence-electron chi connectivity index (χ3n) is 5.18. The van der Waals surface area contributed by atoms with E-state index in [-0.39, 0.29) is 17.7 Å². The van der Waals surface area contributed by atoms with Crippen molar-refractivity contribution in [3.63, 3.8) is 0 Å². The molecule has 0 saturated heterocycles. The number of carboxylic acid groups (broad SMARTS) is 3. The predicted molar refractivity (Wildman–Crippen MR) is 147 cm³/mol. The van der Waals surface area contributed by atoms with Gasteiger partial charge in [-0.2, -0.15) is 0 Å². The van der Waals surface area contributed by atoms with E-state index in [1.165, 1.54) is 22.7 Å². The number of aliphatic carboxylic acids is 2. The fourth-order valence-electron chi connectivity index (χ4n) is 3.69. The quantitative estimate of drug-likeness (QED) is 0.168. The lowest BCUT2D eigenvalue weighted by molar-refractivity contribution is -0.137. The molecule has 0 saturated carbocycles. The third-order valence-corrected chi connectivity index (χ3v) is 11.3. The maximum Gasteiger partial charge on any atom is 0.345 e. The molecule has 5 aromatic heterocycles. The first-order valence-electron chi connectivity index (χ1n) is 10.5. The highest BCUT2D eigenvalue weighted by molar-refractivity contribution is 7.30. The Morgan fingerprint density at radius 3 is 1.64 bits per heavy atom. The number of hydrogen-bond donors (Lipinski definition) is 3. The van der Waals surface area contributed by atoms with E-state index in [2.05, 4.69) is 0 Å². The Bertz CT molecular complexity index is 1580. The van der Waals surface area contributed by atoms with Crippen LogP contribution in [-0.4, -0.2) is 33.2 Å². The molecule has 0 radical (unpaired) electrons. The van der Waals surface area contributed by atoms with Gasteiger partial charge in [-0.15, -0.1) is 56.7 Å². The Labute approximate surface area is 225 Å². The summed E-state index contributed by atoms with van der Waals surface area (Å²) in [6.07, 6.45) is -0.232. The summed E-state index contributed by atoms with van der Waals surface area (Å²) < 4.78 is 0. The van der Waals surface area contributed by atoms with Gasteiger partial charge in [0.15, 0.2) is 0 Å². The van der Waals surface area contributed by atoms with Crippen LogP contribution in [0.5, 0.6) is 0 Å². The summed E-state index contributed by atoms with van der Waals surface area (Å²) in [5, 5.41) is 30.2. The highest BCUT2D eigenvalue weighted by Crippen LogP contribution is 2.47. The van der Waals surface area contributed by atoms with Gasteiger partial charge < -0.3 is 15.3 Å². The van der Waals surface area contributed by atoms with Crippen molar-refractivity contribution >= 4 is 74.6 Å². The zero-order valence-electron chi connectivity index (χ0n) is 18.2. The monoisotopic (exact) mass is 572 g/mol. The van der Waals surface area contributed by atoms with Crippen LogP contribution < -0.4 is 0 Å². The molecule has 0 unspecified atom stereocenters. The molecule has 0 atom stereocenters. The van der Waals surface area contributed by atoms with Crippen molar-refractivity contribution in [3.05, 3.63) is 69.9 Å². The van der Waals surface area contributed by atoms with E-state index in [4.69, 9.17) is 0 Å². The maximum atomic E-state index is 11.6.